The van der Waals surface area contributed by atoms with Crippen molar-refractivity contribution in [2.45, 2.75) is 13.0 Å². The maximum absolute atomic E-state index is 11.3. The van der Waals surface area contributed by atoms with Crippen LogP contribution in [0.15, 0.2) is 30.3 Å². The van der Waals surface area contributed by atoms with Crippen molar-refractivity contribution in [3.63, 3.8) is 0 Å². The number of alkyl carbamates (subject to hydrolysis) is 1. The topological polar surface area (TPSA) is 81.7 Å². The highest BCUT2D eigenvalue weighted by molar-refractivity contribution is 5.97. The quantitative estimate of drug-likeness (QED) is 0.614. The van der Waals surface area contributed by atoms with Gasteiger partial charge in [0.15, 0.2) is 5.78 Å². The Morgan fingerprint density at radius 1 is 1.16 bits per heavy atom. The number of nitrogens with one attached hydrogen (secondary N) is 1. The minimum atomic E-state index is -0.706. The average Bonchev–Trinajstić information content (AvgIpc) is 2.43. The van der Waals surface area contributed by atoms with Crippen LogP contribution >= 0.6 is 0 Å². The SMILES string of the molecule is COC(=O)CC(=O)CNC(=O)OCc1ccccc1. The molecule has 0 aliphatic rings. The molecule has 0 aromatic heterocycles. The summed E-state index contributed by atoms with van der Waals surface area (Å²) in [7, 11) is 1.19. The summed E-state index contributed by atoms with van der Waals surface area (Å²) in [5.41, 5.74) is 0.846. The van der Waals surface area contributed by atoms with Crippen molar-refractivity contribution in [2.75, 3.05) is 13.7 Å². The molecule has 0 bridgehead atoms. The molecule has 1 rings (SSSR count). The number of ketones is 1. The lowest BCUT2D eigenvalue weighted by Gasteiger charge is -2.06. The van der Waals surface area contributed by atoms with Gasteiger partial charge in [0, 0.05) is 0 Å². The second-order valence-corrected chi connectivity index (χ2v) is 3.71. The Bertz CT molecular complexity index is 444. The van der Waals surface area contributed by atoms with E-state index in [0.717, 1.165) is 5.56 Å². The number of Topliss-reactive ketones (excluding diaryl/α,β-unsaturated/α-hetero) is 1. The molecule has 0 aliphatic carbocycles. The normalized spacial score (nSPS) is 9.53. The summed E-state index contributed by atoms with van der Waals surface area (Å²) in [6.45, 7) is -0.138. The average molecular weight is 265 g/mol. The Morgan fingerprint density at radius 2 is 1.84 bits per heavy atom. The van der Waals surface area contributed by atoms with Crippen LogP contribution in [-0.4, -0.2) is 31.5 Å². The van der Waals surface area contributed by atoms with Crippen LogP contribution in [0.5, 0.6) is 0 Å². The van der Waals surface area contributed by atoms with E-state index < -0.39 is 17.8 Å². The Balaban J connectivity index is 2.21. The summed E-state index contributed by atoms with van der Waals surface area (Å²) in [4.78, 5) is 33.3. The molecular weight excluding hydrogens is 250 g/mol. The number of carbonyl (C=O) groups excluding carboxylic acids is 3. The molecule has 0 atom stereocenters. The van der Waals surface area contributed by atoms with Gasteiger partial charge in [-0.15, -0.1) is 0 Å². The molecule has 0 radical (unpaired) electrons. The van der Waals surface area contributed by atoms with Gasteiger partial charge in [-0.25, -0.2) is 4.79 Å². The zero-order valence-corrected chi connectivity index (χ0v) is 10.5. The van der Waals surface area contributed by atoms with Gasteiger partial charge in [-0.05, 0) is 5.56 Å². The minimum Gasteiger partial charge on any atom is -0.469 e. The van der Waals surface area contributed by atoms with Crippen molar-refractivity contribution in [1.82, 2.24) is 5.32 Å². The predicted molar refractivity (Wildman–Crippen MR) is 66.3 cm³/mol. The number of hydrogen-bond acceptors (Lipinski definition) is 5. The van der Waals surface area contributed by atoms with E-state index in [2.05, 4.69) is 10.1 Å². The first kappa shape index (κ1) is 14.7. The summed E-state index contributed by atoms with van der Waals surface area (Å²) < 4.78 is 9.22. The number of hydrogen-bond donors (Lipinski definition) is 1. The van der Waals surface area contributed by atoms with Gasteiger partial charge in [-0.2, -0.15) is 0 Å². The van der Waals surface area contributed by atoms with Crippen LogP contribution in [0.25, 0.3) is 0 Å². The van der Waals surface area contributed by atoms with E-state index in [1.165, 1.54) is 7.11 Å². The molecular formula is C13H15NO5. The van der Waals surface area contributed by atoms with Crippen LogP contribution in [-0.2, 0) is 25.7 Å². The highest BCUT2D eigenvalue weighted by Crippen LogP contribution is 2.00. The molecule has 102 valence electrons. The lowest BCUT2D eigenvalue weighted by atomic mass is 10.2. The van der Waals surface area contributed by atoms with Gasteiger partial charge >= 0.3 is 12.1 Å². The second-order valence-electron chi connectivity index (χ2n) is 3.71. The van der Waals surface area contributed by atoms with Crippen molar-refractivity contribution >= 4 is 17.8 Å². The summed E-state index contributed by atoms with van der Waals surface area (Å²) >= 11 is 0. The van der Waals surface area contributed by atoms with Crippen LogP contribution in [0.4, 0.5) is 4.79 Å². The second kappa shape index (κ2) is 7.86. The predicted octanol–water partition coefficient (Wildman–Crippen LogP) is 1.04. The summed E-state index contributed by atoms with van der Waals surface area (Å²) in [6.07, 6.45) is -1.07. The van der Waals surface area contributed by atoms with E-state index in [-0.39, 0.29) is 19.6 Å². The van der Waals surface area contributed by atoms with E-state index in [0.29, 0.717) is 0 Å². The Hall–Kier alpha value is -2.37. The zero-order valence-electron chi connectivity index (χ0n) is 10.5. The van der Waals surface area contributed by atoms with E-state index in [1.54, 1.807) is 0 Å². The standard InChI is InChI=1S/C13H15NO5/c1-18-12(16)7-11(15)8-14-13(17)19-9-10-5-3-2-4-6-10/h2-6H,7-9H2,1H3,(H,14,17). The molecule has 0 unspecified atom stereocenters. The van der Waals surface area contributed by atoms with E-state index in [4.69, 9.17) is 4.74 Å². The number of esters is 1. The monoisotopic (exact) mass is 265 g/mol. The number of carbonyl (C=O) groups is 3. The van der Waals surface area contributed by atoms with Crippen molar-refractivity contribution in [3.8, 4) is 0 Å². The Morgan fingerprint density at radius 3 is 2.47 bits per heavy atom. The molecule has 0 spiro atoms. The van der Waals surface area contributed by atoms with E-state index in [1.807, 2.05) is 30.3 Å². The van der Waals surface area contributed by atoms with Crippen molar-refractivity contribution in [3.05, 3.63) is 35.9 Å². The number of ether oxygens (including phenoxy) is 2. The number of rotatable bonds is 6. The maximum Gasteiger partial charge on any atom is 0.407 e. The van der Waals surface area contributed by atoms with Gasteiger partial charge in [0.1, 0.15) is 13.0 Å². The Kier molecular flexibility index (Phi) is 6.08. The van der Waals surface area contributed by atoms with Crippen molar-refractivity contribution in [1.29, 1.82) is 0 Å². The highest BCUT2D eigenvalue weighted by atomic mass is 16.5. The third-order valence-corrected chi connectivity index (χ3v) is 2.21. The molecule has 1 N–H and O–H groups in total. The number of methoxy groups -OCH3 is 1. The molecule has 0 heterocycles. The summed E-state index contributed by atoms with van der Waals surface area (Å²) in [5, 5.41) is 2.26. The smallest absolute Gasteiger partial charge is 0.407 e. The first-order valence-corrected chi connectivity index (χ1v) is 5.65. The fraction of sp³-hybridized carbons (Fsp3) is 0.308. The molecule has 0 saturated carbocycles. The van der Waals surface area contributed by atoms with Gasteiger partial charge < -0.3 is 14.8 Å². The van der Waals surface area contributed by atoms with Crippen LogP contribution in [0.2, 0.25) is 0 Å². The Labute approximate surface area is 110 Å². The maximum atomic E-state index is 11.3. The van der Waals surface area contributed by atoms with Crippen molar-refractivity contribution in [2.24, 2.45) is 0 Å². The number of benzene rings is 1. The van der Waals surface area contributed by atoms with Gasteiger partial charge in [0.25, 0.3) is 0 Å². The molecule has 0 aliphatic heterocycles. The van der Waals surface area contributed by atoms with Crippen LogP contribution in [0.3, 0.4) is 0 Å². The first-order chi connectivity index (χ1) is 9.11. The largest absolute Gasteiger partial charge is 0.469 e. The van der Waals surface area contributed by atoms with Crippen molar-refractivity contribution < 1.29 is 23.9 Å². The van der Waals surface area contributed by atoms with E-state index in [9.17, 15) is 14.4 Å². The molecule has 6 heteroatoms. The fourth-order valence-electron chi connectivity index (χ4n) is 1.24. The first-order valence-electron chi connectivity index (χ1n) is 5.65. The zero-order chi connectivity index (χ0) is 14.1. The van der Waals surface area contributed by atoms with Gasteiger partial charge in [-0.3, -0.25) is 9.59 Å². The lowest BCUT2D eigenvalue weighted by Crippen LogP contribution is -2.31. The summed E-state index contributed by atoms with van der Waals surface area (Å²) in [5.74, 6) is -1.08. The third kappa shape index (κ3) is 6.21. The van der Waals surface area contributed by atoms with Crippen LogP contribution in [0.1, 0.15) is 12.0 Å². The molecule has 6 nitrogen and oxygen atoms in total. The fourth-order valence-corrected chi connectivity index (χ4v) is 1.24. The number of amides is 1. The molecule has 1 aromatic rings. The molecule has 19 heavy (non-hydrogen) atoms. The molecule has 0 saturated heterocycles. The lowest BCUT2D eigenvalue weighted by molar-refractivity contribution is -0.143. The van der Waals surface area contributed by atoms with E-state index >= 15 is 0 Å². The minimum absolute atomic E-state index is 0.123. The highest BCUT2D eigenvalue weighted by Gasteiger charge is 2.11. The van der Waals surface area contributed by atoms with Gasteiger partial charge in [0.05, 0.1) is 13.7 Å². The van der Waals surface area contributed by atoms with Crippen LogP contribution < -0.4 is 5.32 Å². The summed E-state index contributed by atoms with van der Waals surface area (Å²) in [6, 6.07) is 9.15. The molecule has 1 amide bonds. The van der Waals surface area contributed by atoms with Crippen LogP contribution in [0, 0.1) is 0 Å². The third-order valence-electron chi connectivity index (χ3n) is 2.21. The van der Waals surface area contributed by atoms with Gasteiger partial charge in [0.2, 0.25) is 0 Å². The molecule has 0 fully saturated rings. The van der Waals surface area contributed by atoms with Gasteiger partial charge in [-0.1, -0.05) is 30.3 Å². The molecule has 1 aromatic carbocycles.